The maximum atomic E-state index is 11.1. The number of fused-ring (bicyclic) bond motifs is 1. The van der Waals surface area contributed by atoms with E-state index in [9.17, 15) is 14.9 Å². The number of para-hydroxylation sites is 1. The summed E-state index contributed by atoms with van der Waals surface area (Å²) >= 11 is 1.59. The van der Waals surface area contributed by atoms with Crippen molar-refractivity contribution < 1.29 is 19.6 Å². The van der Waals surface area contributed by atoms with Gasteiger partial charge >= 0.3 is 6.16 Å². The van der Waals surface area contributed by atoms with Gasteiger partial charge in [0.05, 0.1) is 20.7 Å². The van der Waals surface area contributed by atoms with Gasteiger partial charge in [0.1, 0.15) is 5.75 Å². The van der Waals surface area contributed by atoms with Gasteiger partial charge in [0, 0.05) is 17.7 Å². The molecular weight excluding hydrogens is 356 g/mol. The van der Waals surface area contributed by atoms with Crippen molar-refractivity contribution in [2.45, 2.75) is 24.7 Å². The van der Waals surface area contributed by atoms with Crippen LogP contribution in [-0.2, 0) is 0 Å². The van der Waals surface area contributed by atoms with Crippen molar-refractivity contribution in [3.8, 4) is 5.75 Å². The normalized spacial score (nSPS) is 19.1. The minimum atomic E-state index is -1.43. The third-order valence-corrected chi connectivity index (χ3v) is 5.61. The van der Waals surface area contributed by atoms with Crippen molar-refractivity contribution >= 4 is 33.4 Å². The summed E-state index contributed by atoms with van der Waals surface area (Å²) in [7, 11) is 0. The Balaban J connectivity index is 1.61. The van der Waals surface area contributed by atoms with Crippen LogP contribution in [0.2, 0.25) is 0 Å². The lowest BCUT2D eigenvalue weighted by atomic mass is 9.68. The van der Waals surface area contributed by atoms with Crippen LogP contribution in [-0.4, -0.2) is 21.2 Å². The van der Waals surface area contributed by atoms with Gasteiger partial charge < -0.3 is 9.84 Å². The molecule has 0 unspecified atom stereocenters. The SMILES string of the molecule is O=C(O)Oc1ccc([N+](=O)[O-])cc1C1CC(c2cccc3scnc23)C1. The standard InChI is InChI=1S/C18H14N2O5S/c21-18(22)25-15-5-4-12(20(23)24)8-14(15)11-6-10(7-11)13-2-1-3-16-17(13)19-9-26-16/h1-5,8-11H,6-7H2,(H,21,22). The van der Waals surface area contributed by atoms with E-state index in [0.29, 0.717) is 11.5 Å². The van der Waals surface area contributed by atoms with Gasteiger partial charge in [0.2, 0.25) is 0 Å². The summed E-state index contributed by atoms with van der Waals surface area (Å²) < 4.78 is 5.95. The van der Waals surface area contributed by atoms with Gasteiger partial charge in [-0.3, -0.25) is 10.1 Å². The van der Waals surface area contributed by atoms with Crippen LogP contribution in [0.15, 0.2) is 41.9 Å². The molecule has 0 amide bonds. The van der Waals surface area contributed by atoms with E-state index in [4.69, 9.17) is 9.84 Å². The number of ether oxygens (including phenoxy) is 1. The molecule has 7 nitrogen and oxygen atoms in total. The highest BCUT2D eigenvalue weighted by Crippen LogP contribution is 2.51. The molecule has 0 saturated heterocycles. The first-order chi connectivity index (χ1) is 12.5. The Bertz CT molecular complexity index is 1010. The number of rotatable bonds is 4. The quantitative estimate of drug-likeness (QED) is 0.302. The smallest absolute Gasteiger partial charge is 0.449 e. The lowest BCUT2D eigenvalue weighted by molar-refractivity contribution is -0.385. The van der Waals surface area contributed by atoms with E-state index in [1.165, 1.54) is 23.8 Å². The van der Waals surface area contributed by atoms with E-state index in [0.717, 1.165) is 23.1 Å². The molecule has 2 aromatic carbocycles. The number of aromatic nitrogens is 1. The zero-order valence-corrected chi connectivity index (χ0v) is 14.3. The highest BCUT2D eigenvalue weighted by Gasteiger charge is 2.35. The Morgan fingerprint density at radius 2 is 2.00 bits per heavy atom. The van der Waals surface area contributed by atoms with Crippen LogP contribution in [0.4, 0.5) is 10.5 Å². The van der Waals surface area contributed by atoms with Crippen molar-refractivity contribution in [3.05, 3.63) is 63.1 Å². The molecule has 26 heavy (non-hydrogen) atoms. The highest BCUT2D eigenvalue weighted by atomic mass is 32.1. The van der Waals surface area contributed by atoms with E-state index in [1.54, 1.807) is 11.3 Å². The second kappa shape index (κ2) is 6.38. The number of carboxylic acid groups (broad SMARTS) is 1. The molecule has 0 radical (unpaired) electrons. The summed E-state index contributed by atoms with van der Waals surface area (Å²) in [6.45, 7) is 0. The first kappa shape index (κ1) is 16.5. The van der Waals surface area contributed by atoms with Crippen LogP contribution in [0.5, 0.6) is 5.75 Å². The average Bonchev–Trinajstić information content (AvgIpc) is 3.03. The number of carbonyl (C=O) groups is 1. The molecule has 1 aromatic heterocycles. The lowest BCUT2D eigenvalue weighted by Crippen LogP contribution is -2.21. The van der Waals surface area contributed by atoms with Crippen LogP contribution in [0, 0.1) is 10.1 Å². The molecule has 132 valence electrons. The Morgan fingerprint density at radius 1 is 1.23 bits per heavy atom. The Labute approximate surface area is 152 Å². The monoisotopic (exact) mass is 370 g/mol. The summed E-state index contributed by atoms with van der Waals surface area (Å²) in [5, 5.41) is 20.0. The Morgan fingerprint density at radius 3 is 2.73 bits per heavy atom. The van der Waals surface area contributed by atoms with Crippen molar-refractivity contribution in [2.24, 2.45) is 0 Å². The van der Waals surface area contributed by atoms with Crippen molar-refractivity contribution in [3.63, 3.8) is 0 Å². The molecule has 0 spiro atoms. The lowest BCUT2D eigenvalue weighted by Gasteiger charge is -2.36. The first-order valence-corrected chi connectivity index (χ1v) is 8.92. The van der Waals surface area contributed by atoms with E-state index in [-0.39, 0.29) is 17.4 Å². The van der Waals surface area contributed by atoms with Gasteiger partial charge in [-0.25, -0.2) is 9.78 Å². The second-order valence-electron chi connectivity index (χ2n) is 6.26. The molecule has 1 aliphatic carbocycles. The molecule has 4 rings (SSSR count). The van der Waals surface area contributed by atoms with Gasteiger partial charge in [-0.15, -0.1) is 11.3 Å². The number of hydrogen-bond acceptors (Lipinski definition) is 6. The molecular formula is C18H14N2O5S. The maximum Gasteiger partial charge on any atom is 0.511 e. The second-order valence-corrected chi connectivity index (χ2v) is 7.15. The number of benzene rings is 2. The summed E-state index contributed by atoms with van der Waals surface area (Å²) in [5.41, 5.74) is 4.50. The minimum absolute atomic E-state index is 0.0168. The Kier molecular flexibility index (Phi) is 4.04. The molecule has 0 bridgehead atoms. The van der Waals surface area contributed by atoms with Crippen LogP contribution < -0.4 is 4.74 Å². The van der Waals surface area contributed by atoms with Gasteiger partial charge in [-0.1, -0.05) is 12.1 Å². The number of nitro benzene ring substituents is 1. The average molecular weight is 370 g/mol. The van der Waals surface area contributed by atoms with Crippen LogP contribution >= 0.6 is 11.3 Å². The molecule has 1 fully saturated rings. The number of nitro groups is 1. The van der Waals surface area contributed by atoms with E-state index in [1.807, 2.05) is 17.6 Å². The van der Waals surface area contributed by atoms with Gasteiger partial charge in [-0.2, -0.15) is 0 Å². The van der Waals surface area contributed by atoms with Gasteiger partial charge in [0.25, 0.3) is 5.69 Å². The summed E-state index contributed by atoms with van der Waals surface area (Å²) in [4.78, 5) is 25.9. The van der Waals surface area contributed by atoms with Crippen molar-refractivity contribution in [1.82, 2.24) is 4.98 Å². The fourth-order valence-electron chi connectivity index (χ4n) is 3.52. The predicted octanol–water partition coefficient (Wildman–Crippen LogP) is 4.92. The fraction of sp³-hybridized carbons (Fsp3) is 0.222. The van der Waals surface area contributed by atoms with Crippen LogP contribution in [0.3, 0.4) is 0 Å². The molecule has 3 aromatic rings. The molecule has 1 N–H and O–H groups in total. The third kappa shape index (κ3) is 2.88. The zero-order valence-electron chi connectivity index (χ0n) is 13.5. The number of nitrogens with zero attached hydrogens (tertiary/aromatic N) is 2. The maximum absolute atomic E-state index is 11.1. The fourth-order valence-corrected chi connectivity index (χ4v) is 4.23. The van der Waals surface area contributed by atoms with Gasteiger partial charge in [-0.05, 0) is 42.4 Å². The van der Waals surface area contributed by atoms with Crippen LogP contribution in [0.1, 0.15) is 35.8 Å². The zero-order chi connectivity index (χ0) is 18.3. The predicted molar refractivity (Wildman–Crippen MR) is 96.1 cm³/mol. The van der Waals surface area contributed by atoms with E-state index >= 15 is 0 Å². The largest absolute Gasteiger partial charge is 0.511 e. The van der Waals surface area contributed by atoms with E-state index < -0.39 is 11.1 Å². The van der Waals surface area contributed by atoms with Crippen molar-refractivity contribution in [2.75, 3.05) is 0 Å². The van der Waals surface area contributed by atoms with E-state index in [2.05, 4.69) is 11.1 Å². The van der Waals surface area contributed by atoms with Gasteiger partial charge in [0.15, 0.2) is 0 Å². The summed E-state index contributed by atoms with van der Waals surface area (Å²) in [5.74, 6) is 0.476. The molecule has 0 atom stereocenters. The van der Waals surface area contributed by atoms with Crippen LogP contribution in [0.25, 0.3) is 10.2 Å². The Hall–Kier alpha value is -3.00. The summed E-state index contributed by atoms with van der Waals surface area (Å²) in [6.07, 6.45) is 0.116. The number of thiazole rings is 1. The molecule has 8 heteroatoms. The third-order valence-electron chi connectivity index (χ3n) is 4.81. The first-order valence-electron chi connectivity index (χ1n) is 8.04. The topological polar surface area (TPSA) is 103 Å². The molecule has 1 saturated carbocycles. The number of non-ortho nitro benzene ring substituents is 1. The molecule has 1 aliphatic rings. The number of hydrogen-bond donors (Lipinski definition) is 1. The molecule has 1 heterocycles. The highest BCUT2D eigenvalue weighted by molar-refractivity contribution is 7.16. The summed E-state index contributed by atoms with van der Waals surface area (Å²) in [6, 6.07) is 10.1. The minimum Gasteiger partial charge on any atom is -0.449 e. The van der Waals surface area contributed by atoms with Crippen molar-refractivity contribution in [1.29, 1.82) is 0 Å². The molecule has 0 aliphatic heterocycles.